The molecule has 22 heavy (non-hydrogen) atoms. The quantitative estimate of drug-likeness (QED) is 0.780. The van der Waals surface area contributed by atoms with Crippen molar-refractivity contribution in [3.63, 3.8) is 0 Å². The number of carbonyl (C=O) groups is 1. The minimum atomic E-state index is -0.924. The van der Waals surface area contributed by atoms with Gasteiger partial charge in [-0.1, -0.05) is 36.4 Å². The van der Waals surface area contributed by atoms with Gasteiger partial charge in [0.05, 0.1) is 6.54 Å². The van der Waals surface area contributed by atoms with Gasteiger partial charge in [-0.05, 0) is 30.7 Å². The first kappa shape index (κ1) is 14.2. The van der Waals surface area contributed by atoms with E-state index in [2.05, 4.69) is 0 Å². The molecule has 3 rings (SSSR count). The minimum Gasteiger partial charge on any atom is -0.491 e. The van der Waals surface area contributed by atoms with Gasteiger partial charge in [0.25, 0.3) is 0 Å². The van der Waals surface area contributed by atoms with Crippen LogP contribution in [0.25, 0.3) is 10.9 Å². The molecule has 0 spiro atoms. The van der Waals surface area contributed by atoms with Gasteiger partial charge in [-0.15, -0.1) is 0 Å². The van der Waals surface area contributed by atoms with E-state index in [4.69, 9.17) is 4.74 Å². The van der Waals surface area contributed by atoms with Gasteiger partial charge in [0.1, 0.15) is 18.1 Å². The fourth-order valence-electron chi connectivity index (χ4n) is 2.59. The van der Waals surface area contributed by atoms with Gasteiger partial charge < -0.3 is 14.4 Å². The summed E-state index contributed by atoms with van der Waals surface area (Å²) in [5.41, 5.74) is 2.26. The SMILES string of the molecule is Cc1ccccc1OCCn1c(C(=O)O)cc2ccccc21. The summed E-state index contributed by atoms with van der Waals surface area (Å²) in [6, 6.07) is 17.2. The number of aromatic nitrogens is 1. The van der Waals surface area contributed by atoms with E-state index in [1.807, 2.05) is 55.5 Å². The molecule has 3 aromatic rings. The second-order valence-corrected chi connectivity index (χ2v) is 5.16. The van der Waals surface area contributed by atoms with Crippen molar-refractivity contribution in [2.45, 2.75) is 13.5 Å². The highest BCUT2D eigenvalue weighted by molar-refractivity contribution is 5.94. The highest BCUT2D eigenvalue weighted by atomic mass is 16.5. The first-order valence-electron chi connectivity index (χ1n) is 7.17. The lowest BCUT2D eigenvalue weighted by atomic mass is 10.2. The van der Waals surface area contributed by atoms with E-state index in [0.29, 0.717) is 13.2 Å². The summed E-state index contributed by atoms with van der Waals surface area (Å²) in [5, 5.41) is 10.3. The highest BCUT2D eigenvalue weighted by Crippen LogP contribution is 2.21. The number of carboxylic acids is 1. The zero-order valence-electron chi connectivity index (χ0n) is 12.3. The molecule has 0 aliphatic carbocycles. The number of hydrogen-bond donors (Lipinski definition) is 1. The number of benzene rings is 2. The Morgan fingerprint density at radius 1 is 1.14 bits per heavy atom. The lowest BCUT2D eigenvalue weighted by Gasteiger charge is -2.11. The van der Waals surface area contributed by atoms with E-state index in [9.17, 15) is 9.90 Å². The Bertz CT molecular complexity index is 820. The molecule has 4 heteroatoms. The number of carboxylic acid groups (broad SMARTS) is 1. The summed E-state index contributed by atoms with van der Waals surface area (Å²) in [4.78, 5) is 11.4. The monoisotopic (exact) mass is 295 g/mol. The van der Waals surface area contributed by atoms with Gasteiger partial charge in [-0.25, -0.2) is 4.79 Å². The highest BCUT2D eigenvalue weighted by Gasteiger charge is 2.14. The van der Waals surface area contributed by atoms with Crippen LogP contribution in [0.3, 0.4) is 0 Å². The van der Waals surface area contributed by atoms with Crippen molar-refractivity contribution < 1.29 is 14.6 Å². The molecule has 4 nitrogen and oxygen atoms in total. The third-order valence-electron chi connectivity index (χ3n) is 3.70. The Labute approximate surface area is 128 Å². The van der Waals surface area contributed by atoms with Crippen LogP contribution in [-0.2, 0) is 6.54 Å². The number of rotatable bonds is 5. The summed E-state index contributed by atoms with van der Waals surface area (Å²) in [7, 11) is 0. The van der Waals surface area contributed by atoms with Gasteiger partial charge in [-0.3, -0.25) is 0 Å². The van der Waals surface area contributed by atoms with Gasteiger partial charge in [-0.2, -0.15) is 0 Å². The molecule has 0 aliphatic heterocycles. The lowest BCUT2D eigenvalue weighted by molar-refractivity contribution is 0.0684. The summed E-state index contributed by atoms with van der Waals surface area (Å²) in [5.74, 6) is -0.0945. The van der Waals surface area contributed by atoms with E-state index in [-0.39, 0.29) is 5.69 Å². The fraction of sp³-hybridized carbons (Fsp3) is 0.167. The average Bonchev–Trinajstić information content (AvgIpc) is 2.88. The van der Waals surface area contributed by atoms with Crippen molar-refractivity contribution in [2.24, 2.45) is 0 Å². The first-order valence-corrected chi connectivity index (χ1v) is 7.17. The largest absolute Gasteiger partial charge is 0.491 e. The molecule has 0 fully saturated rings. The molecule has 0 amide bonds. The minimum absolute atomic E-state index is 0.287. The third-order valence-corrected chi connectivity index (χ3v) is 3.70. The lowest BCUT2D eigenvalue weighted by Crippen LogP contribution is -2.13. The summed E-state index contributed by atoms with van der Waals surface area (Å²) in [6.45, 7) is 2.90. The molecule has 0 radical (unpaired) electrons. The molecular weight excluding hydrogens is 278 g/mol. The Kier molecular flexibility index (Phi) is 3.83. The fourth-order valence-corrected chi connectivity index (χ4v) is 2.59. The zero-order valence-corrected chi connectivity index (χ0v) is 12.3. The molecule has 0 saturated carbocycles. The van der Waals surface area contributed by atoms with Crippen LogP contribution in [0, 0.1) is 6.92 Å². The maximum atomic E-state index is 11.4. The van der Waals surface area contributed by atoms with Crippen LogP contribution in [0.5, 0.6) is 5.75 Å². The van der Waals surface area contributed by atoms with E-state index in [0.717, 1.165) is 22.2 Å². The molecule has 0 saturated heterocycles. The second-order valence-electron chi connectivity index (χ2n) is 5.16. The molecule has 2 aromatic carbocycles. The van der Waals surface area contributed by atoms with Crippen molar-refractivity contribution in [1.29, 1.82) is 0 Å². The summed E-state index contributed by atoms with van der Waals surface area (Å²) < 4.78 is 7.57. The van der Waals surface area contributed by atoms with Crippen LogP contribution in [0.2, 0.25) is 0 Å². The summed E-state index contributed by atoms with van der Waals surface area (Å²) in [6.07, 6.45) is 0. The molecule has 0 bridgehead atoms. The van der Waals surface area contributed by atoms with E-state index >= 15 is 0 Å². The van der Waals surface area contributed by atoms with Crippen molar-refractivity contribution >= 4 is 16.9 Å². The maximum absolute atomic E-state index is 11.4. The number of para-hydroxylation sites is 2. The van der Waals surface area contributed by atoms with Crippen molar-refractivity contribution in [2.75, 3.05) is 6.61 Å². The van der Waals surface area contributed by atoms with Crippen LogP contribution >= 0.6 is 0 Å². The standard InChI is InChI=1S/C18H17NO3/c1-13-6-2-5-9-17(13)22-11-10-19-15-8-4-3-7-14(15)12-16(19)18(20)21/h2-9,12H,10-11H2,1H3,(H,20,21). The van der Waals surface area contributed by atoms with Crippen LogP contribution in [0.1, 0.15) is 16.1 Å². The predicted octanol–water partition coefficient (Wildman–Crippen LogP) is 3.73. The van der Waals surface area contributed by atoms with Crippen molar-refractivity contribution in [1.82, 2.24) is 4.57 Å². The third kappa shape index (κ3) is 2.68. The Hall–Kier alpha value is -2.75. The Morgan fingerprint density at radius 2 is 1.86 bits per heavy atom. The summed E-state index contributed by atoms with van der Waals surface area (Å²) >= 11 is 0. The van der Waals surface area contributed by atoms with Gasteiger partial charge in [0, 0.05) is 10.9 Å². The zero-order chi connectivity index (χ0) is 15.5. The van der Waals surface area contributed by atoms with Gasteiger partial charge in [0.15, 0.2) is 0 Å². The van der Waals surface area contributed by atoms with Gasteiger partial charge in [0.2, 0.25) is 0 Å². The molecule has 1 N–H and O–H groups in total. The smallest absolute Gasteiger partial charge is 0.352 e. The first-order chi connectivity index (χ1) is 10.7. The van der Waals surface area contributed by atoms with E-state index < -0.39 is 5.97 Å². The molecule has 1 aromatic heterocycles. The molecule has 0 unspecified atom stereocenters. The predicted molar refractivity (Wildman–Crippen MR) is 85.6 cm³/mol. The number of ether oxygens (including phenoxy) is 1. The number of fused-ring (bicyclic) bond motifs is 1. The van der Waals surface area contributed by atoms with Crippen molar-refractivity contribution in [3.05, 3.63) is 65.9 Å². The van der Waals surface area contributed by atoms with Crippen LogP contribution in [0.4, 0.5) is 0 Å². The molecule has 112 valence electrons. The normalized spacial score (nSPS) is 10.8. The molecule has 0 atom stereocenters. The number of aryl methyl sites for hydroxylation is 1. The number of nitrogens with zero attached hydrogens (tertiary/aromatic N) is 1. The second kappa shape index (κ2) is 5.93. The number of hydrogen-bond acceptors (Lipinski definition) is 2. The Balaban J connectivity index is 1.83. The van der Waals surface area contributed by atoms with Crippen LogP contribution in [-0.4, -0.2) is 22.2 Å². The molecule has 0 aliphatic rings. The van der Waals surface area contributed by atoms with Crippen LogP contribution in [0.15, 0.2) is 54.6 Å². The number of aromatic carboxylic acids is 1. The molecule has 1 heterocycles. The maximum Gasteiger partial charge on any atom is 0.352 e. The van der Waals surface area contributed by atoms with Crippen LogP contribution < -0.4 is 4.74 Å². The molecular formula is C18H17NO3. The topological polar surface area (TPSA) is 51.5 Å². The van der Waals surface area contributed by atoms with E-state index in [1.165, 1.54) is 0 Å². The average molecular weight is 295 g/mol. The van der Waals surface area contributed by atoms with E-state index in [1.54, 1.807) is 10.6 Å². The van der Waals surface area contributed by atoms with Crippen molar-refractivity contribution in [3.8, 4) is 5.75 Å². The Morgan fingerprint density at radius 3 is 2.64 bits per heavy atom. The van der Waals surface area contributed by atoms with Gasteiger partial charge >= 0.3 is 5.97 Å².